The van der Waals surface area contributed by atoms with E-state index < -0.39 is 0 Å². The molecule has 4 N–H and O–H groups in total. The van der Waals surface area contributed by atoms with Crippen LogP contribution in [0.25, 0.3) is 4.85 Å². The second kappa shape index (κ2) is 21.5. The first kappa shape index (κ1) is 36.6. The number of rotatable bonds is 8. The van der Waals surface area contributed by atoms with Gasteiger partial charge in [-0.25, -0.2) is 15.4 Å². The Bertz CT molecular complexity index is 887. The number of anilines is 2. The van der Waals surface area contributed by atoms with Crippen molar-refractivity contribution in [3.05, 3.63) is 70.1 Å². The highest BCUT2D eigenvalue weighted by atomic mass is 79.9. The number of nitrogen functional groups attached to an aromatic ring is 2. The quantitative estimate of drug-likeness (QED) is 0.104. The van der Waals surface area contributed by atoms with E-state index in [9.17, 15) is 13.6 Å². The first-order chi connectivity index (χ1) is 15.2. The molecule has 0 heterocycles. The van der Waals surface area contributed by atoms with Crippen LogP contribution in [0.5, 0.6) is 0 Å². The number of carbonyl (C=O) groups excluding carboxylic acids is 1. The van der Waals surface area contributed by atoms with E-state index in [1.807, 2.05) is 0 Å². The molecule has 2 rings (SSSR count). The topological polar surface area (TPSA) is 73.5 Å². The lowest BCUT2D eigenvalue weighted by Crippen LogP contribution is -2.05. The van der Waals surface area contributed by atoms with E-state index >= 15 is 0 Å². The maximum atomic E-state index is 13.1. The van der Waals surface area contributed by atoms with Gasteiger partial charge in [0.15, 0.2) is 5.78 Å². The van der Waals surface area contributed by atoms with Crippen LogP contribution in [-0.4, -0.2) is 23.0 Å². The molecule has 0 spiro atoms. The summed E-state index contributed by atoms with van der Waals surface area (Å²) in [5.74, 6) is -0.619. The summed E-state index contributed by atoms with van der Waals surface area (Å²) in [7, 11) is 0. The lowest BCUT2D eigenvalue weighted by molar-refractivity contribution is 0.0980. The number of Topliss-reactive ketones (excluding diaryl/α,β-unsaturated/α-hetero) is 1. The number of carbonyl (C=O) groups is 1. The van der Waals surface area contributed by atoms with Gasteiger partial charge in [-0.05, 0) is 68.5 Å². The Balaban J connectivity index is -0.000000456. The lowest BCUT2D eigenvalue weighted by Gasteiger charge is -2.06. The average Bonchev–Trinajstić information content (AvgIpc) is 2.75. The van der Waals surface area contributed by atoms with Gasteiger partial charge in [-0.15, -0.1) is 0 Å². The maximum Gasteiger partial charge on any atom is 0.214 e. The molecule has 0 aliphatic heterocycles. The van der Waals surface area contributed by atoms with E-state index in [-0.39, 0.29) is 38.0 Å². The minimum Gasteiger partial charge on any atom is -0.399 e. The fraction of sp³-hybridized carbons (Fsp3) is 0.462. The molecule has 0 radical (unpaired) electrons. The third kappa shape index (κ3) is 15.8. The fourth-order valence-corrected chi connectivity index (χ4v) is 3.14. The van der Waals surface area contributed by atoms with Crippen LogP contribution in [0, 0.1) is 32.1 Å². The molecule has 0 unspecified atom stereocenters. The molecule has 0 atom stereocenters. The maximum absolute atomic E-state index is 13.1. The number of nitrogens with two attached hydrogens (primary N) is 2. The van der Waals surface area contributed by atoms with Crippen molar-refractivity contribution in [2.75, 3.05) is 28.7 Å². The van der Waals surface area contributed by atoms with Crippen molar-refractivity contribution in [2.45, 2.75) is 60.8 Å². The van der Waals surface area contributed by atoms with Gasteiger partial charge in [0.1, 0.15) is 11.6 Å². The van der Waals surface area contributed by atoms with Crippen molar-refractivity contribution in [1.29, 1.82) is 0 Å². The van der Waals surface area contributed by atoms with E-state index in [2.05, 4.69) is 36.7 Å². The van der Waals surface area contributed by atoms with Crippen LogP contribution in [0.2, 0.25) is 0 Å². The van der Waals surface area contributed by atoms with Crippen LogP contribution >= 0.6 is 31.9 Å². The van der Waals surface area contributed by atoms with Gasteiger partial charge >= 0.3 is 0 Å². The fourth-order valence-electron chi connectivity index (χ4n) is 2.35. The molecular formula is C26H39Br2F2N3O. The largest absolute Gasteiger partial charge is 0.399 e. The van der Waals surface area contributed by atoms with Crippen molar-refractivity contribution >= 4 is 49.0 Å². The van der Waals surface area contributed by atoms with Gasteiger partial charge in [-0.2, -0.15) is 0 Å². The Labute approximate surface area is 221 Å². The van der Waals surface area contributed by atoms with Crippen LogP contribution in [0.3, 0.4) is 0 Å². The summed E-state index contributed by atoms with van der Waals surface area (Å²) in [5.41, 5.74) is 13.1. The minimum atomic E-state index is -0.366. The van der Waals surface area contributed by atoms with Gasteiger partial charge in [0, 0.05) is 40.4 Å². The predicted molar refractivity (Wildman–Crippen MR) is 151 cm³/mol. The van der Waals surface area contributed by atoms with E-state index in [1.54, 1.807) is 26.0 Å². The molecule has 0 amide bonds. The van der Waals surface area contributed by atoms with Crippen molar-refractivity contribution in [3.63, 3.8) is 0 Å². The molecule has 8 heteroatoms. The first-order valence-corrected chi connectivity index (χ1v) is 12.5. The van der Waals surface area contributed by atoms with Crippen LogP contribution in [0.4, 0.5) is 20.2 Å². The van der Waals surface area contributed by atoms with Gasteiger partial charge in [0.25, 0.3) is 0 Å². The molecule has 0 aliphatic rings. The van der Waals surface area contributed by atoms with Gasteiger partial charge in [0.2, 0.25) is 6.54 Å². The summed E-state index contributed by atoms with van der Waals surface area (Å²) < 4.78 is 25.6. The molecule has 34 heavy (non-hydrogen) atoms. The molecule has 2 aromatic rings. The van der Waals surface area contributed by atoms with Crippen LogP contribution in [0.1, 0.15) is 68.4 Å². The Morgan fingerprint density at radius 2 is 1.47 bits per heavy atom. The van der Waals surface area contributed by atoms with Gasteiger partial charge in [0.05, 0.1) is 0 Å². The first-order valence-electron chi connectivity index (χ1n) is 10.2. The van der Waals surface area contributed by atoms with E-state index in [0.29, 0.717) is 35.3 Å². The van der Waals surface area contributed by atoms with Crippen molar-refractivity contribution in [3.8, 4) is 0 Å². The third-order valence-electron chi connectivity index (χ3n) is 4.27. The predicted octanol–water partition coefficient (Wildman–Crippen LogP) is 8.53. The number of unbranched alkanes of at least 4 members (excludes halogenated alkanes) is 2. The second-order valence-corrected chi connectivity index (χ2v) is 8.63. The van der Waals surface area contributed by atoms with Crippen LogP contribution in [0.15, 0.2) is 30.3 Å². The van der Waals surface area contributed by atoms with Crippen molar-refractivity contribution in [1.82, 2.24) is 0 Å². The summed E-state index contributed by atoms with van der Waals surface area (Å²) in [6.45, 7) is 10.4. The Morgan fingerprint density at radius 1 is 0.912 bits per heavy atom. The van der Waals surface area contributed by atoms with Crippen LogP contribution in [-0.2, 0) is 0 Å². The number of hydrogen-bond donors (Lipinski definition) is 2. The zero-order chi connectivity index (χ0) is 24.5. The van der Waals surface area contributed by atoms with Gasteiger partial charge in [-0.1, -0.05) is 52.8 Å². The smallest absolute Gasteiger partial charge is 0.214 e. The van der Waals surface area contributed by atoms with E-state index in [4.69, 9.17) is 18.0 Å². The highest BCUT2D eigenvalue weighted by Crippen LogP contribution is 2.20. The number of halogens is 4. The number of aryl methyl sites for hydroxylation is 2. The van der Waals surface area contributed by atoms with Gasteiger partial charge < -0.3 is 16.3 Å². The van der Waals surface area contributed by atoms with Crippen molar-refractivity contribution < 1.29 is 13.6 Å². The molecule has 0 fully saturated rings. The molecule has 2 aromatic carbocycles. The summed E-state index contributed by atoms with van der Waals surface area (Å²) in [4.78, 5) is 15.0. The zero-order valence-corrected chi connectivity index (χ0v) is 21.7. The normalized spacial score (nSPS) is 9.09. The zero-order valence-electron chi connectivity index (χ0n) is 18.6. The molecule has 192 valence electrons. The third-order valence-corrected chi connectivity index (χ3v) is 5.39. The Kier molecular flexibility index (Phi) is 23.2. The Morgan fingerprint density at radius 3 is 1.97 bits per heavy atom. The number of ketones is 1. The molecular weight excluding hydrogens is 568 g/mol. The molecule has 0 aromatic heterocycles. The highest BCUT2D eigenvalue weighted by molar-refractivity contribution is 9.09. The lowest BCUT2D eigenvalue weighted by atomic mass is 10.0. The molecule has 4 nitrogen and oxygen atoms in total. The number of nitrogens with zero attached hydrogens (tertiary/aromatic N) is 1. The monoisotopic (exact) mass is 605 g/mol. The average molecular weight is 607 g/mol. The van der Waals surface area contributed by atoms with Crippen LogP contribution < -0.4 is 11.5 Å². The van der Waals surface area contributed by atoms with Gasteiger partial charge in [-0.3, -0.25) is 4.79 Å². The van der Waals surface area contributed by atoms with E-state index in [0.717, 1.165) is 36.3 Å². The summed E-state index contributed by atoms with van der Waals surface area (Å²) in [6.07, 6.45) is 4.39. The summed E-state index contributed by atoms with van der Waals surface area (Å²) in [5, 5.41) is 1.92. The number of benzene rings is 2. The number of alkyl halides is 2. The summed E-state index contributed by atoms with van der Waals surface area (Å²) in [6, 6.07) is 7.40. The van der Waals surface area contributed by atoms with Crippen molar-refractivity contribution in [2.24, 2.45) is 0 Å². The molecule has 0 saturated heterocycles. The second-order valence-electron chi connectivity index (χ2n) is 7.04. The Hall–Kier alpha value is -1.98. The molecule has 0 bridgehead atoms. The molecule has 0 aliphatic carbocycles. The summed E-state index contributed by atoms with van der Waals surface area (Å²) >= 11 is 6.58. The van der Waals surface area contributed by atoms with E-state index in [1.165, 1.54) is 18.2 Å². The molecule has 0 saturated carbocycles. The standard InChI is InChI=1S/C12H15BrFNO.C7H8FN.C5H8BrN.2CH4/c1-8-6-9(11(15)7-10(8)14)12(16)4-2-3-5-13;1-5-2-3-6(9)4-7(5)8;1-7-5-3-2-4-6;;/h6-7H,2-5,15H2,1H3;2-4H,9H2,1H3;2-5H2;2*1H4. The minimum absolute atomic E-state index is 0. The number of hydrogen-bond acceptors (Lipinski definition) is 3. The SMILES string of the molecule is C.C.Cc1cc(C(=O)CCCCBr)c(N)cc1F.Cc1ccc(N)cc1F.[C-]#[N+]CCCCBr. The highest BCUT2D eigenvalue weighted by Gasteiger charge is 2.12.